The number of hydrogen-bond donors (Lipinski definition) is 1. The Bertz CT molecular complexity index is 425. The van der Waals surface area contributed by atoms with Gasteiger partial charge >= 0.3 is 0 Å². The molecule has 1 nitrogen and oxygen atoms in total. The largest absolute Gasteiger partial charge is 0.310 e. The monoisotopic (exact) mass is 401 g/mol. The van der Waals surface area contributed by atoms with Crippen LogP contribution in [0, 0.1) is 11.8 Å². The van der Waals surface area contributed by atoms with Crippen molar-refractivity contribution < 1.29 is 0 Å². The molecule has 0 aromatic heterocycles. The normalized spacial score (nSPS) is 24.6. The van der Waals surface area contributed by atoms with Crippen LogP contribution in [0.2, 0.25) is 0 Å². The predicted molar refractivity (Wildman–Crippen MR) is 94.0 cm³/mol. The molecule has 20 heavy (non-hydrogen) atoms. The first-order chi connectivity index (χ1) is 9.61. The van der Waals surface area contributed by atoms with Gasteiger partial charge in [-0.15, -0.1) is 0 Å². The molecule has 1 aromatic rings. The summed E-state index contributed by atoms with van der Waals surface area (Å²) in [5, 5.41) is 3.79. The topological polar surface area (TPSA) is 12.0 Å². The van der Waals surface area contributed by atoms with Crippen molar-refractivity contribution in [3.63, 3.8) is 0 Å². The Kier molecular flexibility index (Phi) is 6.57. The maximum Gasteiger partial charge on any atom is 0.0359 e. The first kappa shape index (κ1) is 16.5. The van der Waals surface area contributed by atoms with E-state index in [2.05, 4.69) is 69.2 Å². The van der Waals surface area contributed by atoms with E-state index in [1.807, 2.05) is 0 Å². The zero-order valence-corrected chi connectivity index (χ0v) is 15.6. The lowest BCUT2D eigenvalue weighted by Crippen LogP contribution is -2.31. The van der Waals surface area contributed by atoms with Crippen molar-refractivity contribution in [3.05, 3.63) is 32.7 Å². The van der Waals surface area contributed by atoms with Crippen molar-refractivity contribution in [2.24, 2.45) is 11.8 Å². The van der Waals surface area contributed by atoms with Gasteiger partial charge in [-0.25, -0.2) is 0 Å². The molecule has 1 N–H and O–H groups in total. The lowest BCUT2D eigenvalue weighted by atomic mass is 9.77. The summed E-state index contributed by atoms with van der Waals surface area (Å²) < 4.78 is 2.36. The van der Waals surface area contributed by atoms with Crippen LogP contribution in [0.15, 0.2) is 27.1 Å². The highest BCUT2D eigenvalue weighted by atomic mass is 79.9. The fraction of sp³-hybridized carbons (Fsp3) is 0.647. The van der Waals surface area contributed by atoms with Crippen molar-refractivity contribution in [1.82, 2.24) is 5.32 Å². The molecule has 0 amide bonds. The van der Waals surface area contributed by atoms with Gasteiger partial charge in [-0.1, -0.05) is 64.6 Å². The van der Waals surface area contributed by atoms with Gasteiger partial charge in [-0.3, -0.25) is 0 Å². The minimum atomic E-state index is 0.491. The summed E-state index contributed by atoms with van der Waals surface area (Å²) in [5.41, 5.74) is 1.42. The van der Waals surface area contributed by atoms with Crippen LogP contribution in [-0.2, 0) is 0 Å². The molecule has 1 atom stereocenters. The van der Waals surface area contributed by atoms with E-state index < -0.39 is 0 Å². The van der Waals surface area contributed by atoms with E-state index in [1.165, 1.54) is 42.1 Å². The third kappa shape index (κ3) is 4.32. The second-order valence-electron chi connectivity index (χ2n) is 6.12. The Morgan fingerprint density at radius 1 is 1.20 bits per heavy atom. The Morgan fingerprint density at radius 3 is 2.50 bits per heavy atom. The summed E-state index contributed by atoms with van der Waals surface area (Å²) in [6.45, 7) is 5.73. The van der Waals surface area contributed by atoms with Crippen molar-refractivity contribution >= 4 is 31.9 Å². The highest BCUT2D eigenvalue weighted by Gasteiger charge is 2.27. The Balaban J connectivity index is 2.17. The van der Waals surface area contributed by atoms with Crippen molar-refractivity contribution in [3.8, 4) is 0 Å². The van der Waals surface area contributed by atoms with Crippen molar-refractivity contribution in [2.45, 2.75) is 52.0 Å². The van der Waals surface area contributed by atoms with Crippen LogP contribution in [0.3, 0.4) is 0 Å². The fourth-order valence-electron chi connectivity index (χ4n) is 3.20. The highest BCUT2D eigenvalue weighted by Crippen LogP contribution is 2.39. The van der Waals surface area contributed by atoms with Crippen LogP contribution in [0.25, 0.3) is 0 Å². The maximum absolute atomic E-state index is 3.79. The molecule has 0 saturated heterocycles. The quantitative estimate of drug-likeness (QED) is 0.629. The van der Waals surface area contributed by atoms with Gasteiger partial charge in [0.2, 0.25) is 0 Å². The van der Waals surface area contributed by atoms with E-state index in [0.717, 1.165) is 22.9 Å². The highest BCUT2D eigenvalue weighted by molar-refractivity contribution is 9.11. The lowest BCUT2D eigenvalue weighted by Gasteiger charge is -2.34. The van der Waals surface area contributed by atoms with Crippen LogP contribution >= 0.6 is 31.9 Å². The molecule has 0 aliphatic heterocycles. The van der Waals surface area contributed by atoms with E-state index >= 15 is 0 Å². The summed E-state index contributed by atoms with van der Waals surface area (Å²) in [6.07, 6.45) is 6.65. The number of halogens is 2. The van der Waals surface area contributed by atoms with Crippen LogP contribution in [0.4, 0.5) is 0 Å². The minimum absolute atomic E-state index is 0.491. The maximum atomic E-state index is 3.79. The molecule has 0 bridgehead atoms. The van der Waals surface area contributed by atoms with Crippen molar-refractivity contribution in [2.75, 3.05) is 6.54 Å². The molecule has 112 valence electrons. The molecule has 1 aliphatic rings. The first-order valence-electron chi connectivity index (χ1n) is 7.80. The second kappa shape index (κ2) is 7.95. The number of rotatable bonds is 5. The van der Waals surface area contributed by atoms with Gasteiger partial charge in [0.05, 0.1) is 0 Å². The molecule has 0 heterocycles. The number of hydrogen-bond acceptors (Lipinski definition) is 1. The Hall–Kier alpha value is 0.140. The molecule has 1 unspecified atom stereocenters. The van der Waals surface area contributed by atoms with Gasteiger partial charge < -0.3 is 5.32 Å². The van der Waals surface area contributed by atoms with Crippen LogP contribution < -0.4 is 5.32 Å². The molecular formula is C17H25Br2N. The average molecular weight is 403 g/mol. The summed E-state index contributed by atoms with van der Waals surface area (Å²) in [4.78, 5) is 0. The van der Waals surface area contributed by atoms with E-state index in [1.54, 1.807) is 0 Å². The van der Waals surface area contributed by atoms with Crippen molar-refractivity contribution in [1.29, 1.82) is 0 Å². The van der Waals surface area contributed by atoms with Gasteiger partial charge in [-0.05, 0) is 55.3 Å². The van der Waals surface area contributed by atoms with E-state index in [0.29, 0.717) is 6.04 Å². The van der Waals surface area contributed by atoms with E-state index in [-0.39, 0.29) is 0 Å². The number of benzene rings is 1. The second-order valence-corrected chi connectivity index (χ2v) is 7.89. The fourth-order valence-corrected chi connectivity index (χ4v) is 4.50. The SMILES string of the molecule is CCCNC(c1ccc(Br)cc1Br)C1CCC(C)CC1. The summed E-state index contributed by atoms with van der Waals surface area (Å²) in [6, 6.07) is 7.08. The third-order valence-corrected chi connectivity index (χ3v) is 5.62. The molecule has 1 fully saturated rings. The summed E-state index contributed by atoms with van der Waals surface area (Å²) in [5.74, 6) is 1.68. The lowest BCUT2D eigenvalue weighted by molar-refractivity contribution is 0.231. The average Bonchev–Trinajstić information content (AvgIpc) is 2.42. The smallest absolute Gasteiger partial charge is 0.0359 e. The van der Waals surface area contributed by atoms with Gasteiger partial charge in [0, 0.05) is 15.0 Å². The minimum Gasteiger partial charge on any atom is -0.310 e. The Labute approximate surface area is 140 Å². The summed E-state index contributed by atoms with van der Waals surface area (Å²) in [7, 11) is 0. The van der Waals surface area contributed by atoms with Crippen LogP contribution in [-0.4, -0.2) is 6.54 Å². The molecule has 1 aromatic carbocycles. The van der Waals surface area contributed by atoms with E-state index in [4.69, 9.17) is 0 Å². The van der Waals surface area contributed by atoms with Gasteiger partial charge in [-0.2, -0.15) is 0 Å². The third-order valence-electron chi connectivity index (χ3n) is 4.44. The van der Waals surface area contributed by atoms with Gasteiger partial charge in [0.25, 0.3) is 0 Å². The zero-order chi connectivity index (χ0) is 14.5. The van der Waals surface area contributed by atoms with Gasteiger partial charge in [0.1, 0.15) is 0 Å². The number of nitrogens with one attached hydrogen (secondary N) is 1. The molecule has 3 heteroatoms. The molecule has 1 aliphatic carbocycles. The molecule has 1 saturated carbocycles. The van der Waals surface area contributed by atoms with E-state index in [9.17, 15) is 0 Å². The predicted octanol–water partition coefficient (Wildman–Crippen LogP) is 6.08. The standard InChI is InChI=1S/C17H25Br2N/c1-3-10-20-17(13-6-4-12(2)5-7-13)15-9-8-14(18)11-16(15)19/h8-9,11-13,17,20H,3-7,10H2,1-2H3. The zero-order valence-electron chi connectivity index (χ0n) is 12.5. The molecule has 0 spiro atoms. The van der Waals surface area contributed by atoms with Crippen LogP contribution in [0.5, 0.6) is 0 Å². The summed E-state index contributed by atoms with van der Waals surface area (Å²) >= 11 is 7.30. The molecule has 2 rings (SSSR count). The van der Waals surface area contributed by atoms with Gasteiger partial charge in [0.15, 0.2) is 0 Å². The molecular weight excluding hydrogens is 378 g/mol. The van der Waals surface area contributed by atoms with Crippen LogP contribution in [0.1, 0.15) is 57.6 Å². The molecule has 0 radical (unpaired) electrons. The first-order valence-corrected chi connectivity index (χ1v) is 9.38. The Morgan fingerprint density at radius 2 is 1.90 bits per heavy atom.